The molecule has 0 aliphatic rings. The van der Waals surface area contributed by atoms with Crippen LogP contribution in [0.15, 0.2) is 12.5 Å². The number of hydrogen-bond donors (Lipinski definition) is 1. The molecule has 0 aliphatic carbocycles. The topological polar surface area (TPSA) is 61.7 Å². The molecule has 2 N–H and O–H groups in total. The number of anilines is 1. The summed E-state index contributed by atoms with van der Waals surface area (Å²) in [6.07, 6.45) is 5.64. The summed E-state index contributed by atoms with van der Waals surface area (Å²) >= 11 is 0. The Morgan fingerprint density at radius 3 is 2.76 bits per heavy atom. The summed E-state index contributed by atoms with van der Waals surface area (Å²) in [4.78, 5) is 8.78. The molecule has 92 valence electrons. The van der Waals surface area contributed by atoms with Crippen LogP contribution < -0.4 is 5.73 Å². The van der Waals surface area contributed by atoms with E-state index >= 15 is 0 Å². The van der Waals surface area contributed by atoms with Crippen LogP contribution in [0.25, 0.3) is 11.4 Å². The van der Waals surface area contributed by atoms with Gasteiger partial charge in [-0.25, -0.2) is 9.97 Å². The molecule has 0 saturated heterocycles. The zero-order valence-electron chi connectivity index (χ0n) is 10.6. The van der Waals surface area contributed by atoms with Gasteiger partial charge in [-0.2, -0.15) is 0 Å². The average Bonchev–Trinajstić information content (AvgIpc) is 2.89. The van der Waals surface area contributed by atoms with Crippen LogP contribution in [0.4, 0.5) is 5.82 Å². The lowest BCUT2D eigenvalue weighted by atomic mass is 10.3. The van der Waals surface area contributed by atoms with E-state index in [0.717, 1.165) is 36.6 Å². The van der Waals surface area contributed by atoms with E-state index in [1.807, 2.05) is 24.1 Å². The molecule has 2 heterocycles. The second-order valence-electron chi connectivity index (χ2n) is 4.14. The minimum absolute atomic E-state index is 0.712. The van der Waals surface area contributed by atoms with Crippen LogP contribution in [0.2, 0.25) is 0 Å². The molecule has 0 saturated carbocycles. The molecular weight excluding hydrogens is 214 g/mol. The Morgan fingerprint density at radius 1 is 1.35 bits per heavy atom. The third kappa shape index (κ3) is 1.92. The number of nitrogen functional groups attached to an aromatic ring is 1. The van der Waals surface area contributed by atoms with E-state index in [2.05, 4.69) is 28.4 Å². The molecular formula is C12H19N5. The van der Waals surface area contributed by atoms with E-state index in [1.165, 1.54) is 0 Å². The standard InChI is InChI=1S/C12H19N5/c1-4-6-10-15-11(12(13)16(10)3)9-7-14-8-17(9)5-2/h7-8H,4-6,13H2,1-3H3. The highest BCUT2D eigenvalue weighted by atomic mass is 15.1. The first-order chi connectivity index (χ1) is 8.19. The van der Waals surface area contributed by atoms with E-state index in [1.54, 1.807) is 0 Å². The van der Waals surface area contributed by atoms with Crippen LogP contribution >= 0.6 is 0 Å². The highest BCUT2D eigenvalue weighted by Crippen LogP contribution is 2.25. The van der Waals surface area contributed by atoms with Crippen molar-refractivity contribution in [1.29, 1.82) is 0 Å². The summed E-state index contributed by atoms with van der Waals surface area (Å²) in [5.74, 6) is 1.74. The fourth-order valence-corrected chi connectivity index (χ4v) is 1.96. The molecule has 5 nitrogen and oxygen atoms in total. The second-order valence-corrected chi connectivity index (χ2v) is 4.14. The molecule has 2 rings (SSSR count). The maximum absolute atomic E-state index is 6.11. The summed E-state index contributed by atoms with van der Waals surface area (Å²) in [6, 6.07) is 0. The van der Waals surface area contributed by atoms with Crippen molar-refractivity contribution in [3.05, 3.63) is 18.3 Å². The van der Waals surface area contributed by atoms with Crippen molar-refractivity contribution in [1.82, 2.24) is 19.1 Å². The molecule has 2 aromatic rings. The van der Waals surface area contributed by atoms with Gasteiger partial charge in [0.15, 0.2) is 0 Å². The molecule has 0 atom stereocenters. The van der Waals surface area contributed by atoms with Crippen LogP contribution in [-0.2, 0) is 20.0 Å². The van der Waals surface area contributed by atoms with Crippen LogP contribution in [0.1, 0.15) is 26.1 Å². The Kier molecular flexibility index (Phi) is 3.17. The lowest BCUT2D eigenvalue weighted by molar-refractivity contribution is 0.761. The SMILES string of the molecule is CCCc1nc(-c2cncn2CC)c(N)n1C. The van der Waals surface area contributed by atoms with Crippen LogP contribution in [0, 0.1) is 0 Å². The van der Waals surface area contributed by atoms with E-state index in [-0.39, 0.29) is 0 Å². The molecule has 0 aromatic carbocycles. The van der Waals surface area contributed by atoms with Gasteiger partial charge in [-0.15, -0.1) is 0 Å². The fourth-order valence-electron chi connectivity index (χ4n) is 1.96. The Balaban J connectivity index is 2.49. The van der Waals surface area contributed by atoms with Gasteiger partial charge in [0.1, 0.15) is 17.3 Å². The van der Waals surface area contributed by atoms with Crippen molar-refractivity contribution < 1.29 is 0 Å². The molecule has 0 aliphatic heterocycles. The summed E-state index contributed by atoms with van der Waals surface area (Å²) in [7, 11) is 1.96. The number of nitrogens with two attached hydrogens (primary N) is 1. The molecule has 0 radical (unpaired) electrons. The maximum atomic E-state index is 6.11. The van der Waals surface area contributed by atoms with Gasteiger partial charge in [0.05, 0.1) is 18.2 Å². The quantitative estimate of drug-likeness (QED) is 0.876. The molecule has 0 fully saturated rings. The minimum Gasteiger partial charge on any atom is -0.383 e. The van der Waals surface area contributed by atoms with Crippen molar-refractivity contribution >= 4 is 5.82 Å². The molecule has 0 spiro atoms. The van der Waals surface area contributed by atoms with Gasteiger partial charge >= 0.3 is 0 Å². The van der Waals surface area contributed by atoms with Crippen molar-refractivity contribution in [3.63, 3.8) is 0 Å². The first-order valence-corrected chi connectivity index (χ1v) is 6.00. The summed E-state index contributed by atoms with van der Waals surface area (Å²) in [5.41, 5.74) is 7.94. The number of rotatable bonds is 4. The van der Waals surface area contributed by atoms with Gasteiger partial charge in [0.2, 0.25) is 0 Å². The van der Waals surface area contributed by atoms with Crippen molar-refractivity contribution in [2.24, 2.45) is 7.05 Å². The van der Waals surface area contributed by atoms with Gasteiger partial charge in [-0.1, -0.05) is 6.92 Å². The molecule has 2 aromatic heterocycles. The Labute approximate surface area is 101 Å². The smallest absolute Gasteiger partial charge is 0.133 e. The van der Waals surface area contributed by atoms with Crippen LogP contribution in [0.5, 0.6) is 0 Å². The summed E-state index contributed by atoms with van der Waals surface area (Å²) in [6.45, 7) is 5.09. The van der Waals surface area contributed by atoms with Crippen LogP contribution in [-0.4, -0.2) is 19.1 Å². The van der Waals surface area contributed by atoms with E-state index < -0.39 is 0 Å². The Morgan fingerprint density at radius 2 is 2.12 bits per heavy atom. The van der Waals surface area contributed by atoms with Crippen molar-refractivity contribution in [3.8, 4) is 11.4 Å². The minimum atomic E-state index is 0.712. The average molecular weight is 233 g/mol. The fraction of sp³-hybridized carbons (Fsp3) is 0.500. The number of aromatic nitrogens is 4. The first-order valence-electron chi connectivity index (χ1n) is 6.00. The Hall–Kier alpha value is -1.78. The summed E-state index contributed by atoms with van der Waals surface area (Å²) < 4.78 is 4.01. The molecule has 0 unspecified atom stereocenters. The predicted molar refractivity (Wildman–Crippen MR) is 68.5 cm³/mol. The number of imidazole rings is 2. The number of hydrogen-bond acceptors (Lipinski definition) is 3. The maximum Gasteiger partial charge on any atom is 0.133 e. The van der Waals surface area contributed by atoms with E-state index in [4.69, 9.17) is 5.73 Å². The van der Waals surface area contributed by atoms with Gasteiger partial charge < -0.3 is 14.9 Å². The van der Waals surface area contributed by atoms with E-state index in [0.29, 0.717) is 5.82 Å². The Bertz CT molecular complexity index is 509. The van der Waals surface area contributed by atoms with Crippen molar-refractivity contribution in [2.45, 2.75) is 33.2 Å². The lowest BCUT2D eigenvalue weighted by Gasteiger charge is -2.03. The molecule has 0 bridgehead atoms. The van der Waals surface area contributed by atoms with Gasteiger partial charge in [-0.3, -0.25) is 0 Å². The highest BCUT2D eigenvalue weighted by molar-refractivity contribution is 5.67. The van der Waals surface area contributed by atoms with Gasteiger partial charge in [-0.05, 0) is 13.3 Å². The number of aryl methyl sites for hydroxylation is 2. The normalized spacial score (nSPS) is 11.0. The lowest BCUT2D eigenvalue weighted by Crippen LogP contribution is -2.02. The molecule has 17 heavy (non-hydrogen) atoms. The predicted octanol–water partition coefficient (Wildman–Crippen LogP) is 1.84. The zero-order chi connectivity index (χ0) is 12.4. The highest BCUT2D eigenvalue weighted by Gasteiger charge is 2.15. The van der Waals surface area contributed by atoms with Gasteiger partial charge in [0.25, 0.3) is 0 Å². The second kappa shape index (κ2) is 4.61. The third-order valence-corrected chi connectivity index (χ3v) is 3.00. The van der Waals surface area contributed by atoms with Gasteiger partial charge in [0, 0.05) is 20.0 Å². The van der Waals surface area contributed by atoms with Crippen LogP contribution in [0.3, 0.4) is 0 Å². The molecule has 5 heteroatoms. The largest absolute Gasteiger partial charge is 0.383 e. The molecule has 0 amide bonds. The summed E-state index contributed by atoms with van der Waals surface area (Å²) in [5, 5.41) is 0. The number of nitrogens with zero attached hydrogens (tertiary/aromatic N) is 4. The van der Waals surface area contributed by atoms with Crippen molar-refractivity contribution in [2.75, 3.05) is 5.73 Å². The monoisotopic (exact) mass is 233 g/mol. The van der Waals surface area contributed by atoms with E-state index in [9.17, 15) is 0 Å². The zero-order valence-corrected chi connectivity index (χ0v) is 10.6. The third-order valence-electron chi connectivity index (χ3n) is 3.00. The first kappa shape index (κ1) is 11.7.